The molecule has 0 aromatic heterocycles. The van der Waals surface area contributed by atoms with E-state index in [9.17, 15) is 4.79 Å². The molecule has 1 fully saturated rings. The Balaban J connectivity index is 1.20. The number of ether oxygens (including phenoxy) is 1. The highest BCUT2D eigenvalue weighted by Crippen LogP contribution is 2.31. The number of piperazine rings is 1. The summed E-state index contributed by atoms with van der Waals surface area (Å²) in [6.45, 7) is 5.94. The normalized spacial score (nSPS) is 17.2. The molecule has 2 aromatic rings. The lowest BCUT2D eigenvalue weighted by Gasteiger charge is -2.36. The summed E-state index contributed by atoms with van der Waals surface area (Å²) in [5, 5.41) is 3.71. The van der Waals surface area contributed by atoms with Gasteiger partial charge in [-0.2, -0.15) is 0 Å². The van der Waals surface area contributed by atoms with Gasteiger partial charge in [-0.25, -0.2) is 0 Å². The van der Waals surface area contributed by atoms with Crippen LogP contribution in [0.15, 0.2) is 42.5 Å². The van der Waals surface area contributed by atoms with E-state index in [1.54, 1.807) is 0 Å². The minimum atomic E-state index is 0.0855. The van der Waals surface area contributed by atoms with Crippen LogP contribution in [0.2, 0.25) is 5.02 Å². The first-order valence-corrected chi connectivity index (χ1v) is 10.3. The first-order valence-electron chi connectivity index (χ1n) is 9.96. The largest absolute Gasteiger partial charge is 0.493 e. The van der Waals surface area contributed by atoms with Gasteiger partial charge in [-0.1, -0.05) is 17.7 Å². The molecule has 28 heavy (non-hydrogen) atoms. The summed E-state index contributed by atoms with van der Waals surface area (Å²) in [6.07, 6.45) is 2.28. The second-order valence-electron chi connectivity index (χ2n) is 7.34. The lowest BCUT2D eigenvalue weighted by atomic mass is 10.0. The lowest BCUT2D eigenvalue weighted by molar-refractivity contribution is -0.116. The average molecular weight is 400 g/mol. The summed E-state index contributed by atoms with van der Waals surface area (Å²) < 4.78 is 6.03. The van der Waals surface area contributed by atoms with Crippen LogP contribution < -0.4 is 15.0 Å². The number of nitrogens with zero attached hydrogens (tertiary/aromatic N) is 2. The SMILES string of the molecule is O=C1CCc2c(cccc2OCCCN2CCN(c3ccc(Cl)cc3)CC2)N1. The molecular weight excluding hydrogens is 374 g/mol. The Labute approximate surface area is 171 Å². The second kappa shape index (κ2) is 8.84. The number of amides is 1. The van der Waals surface area contributed by atoms with Crippen LogP contribution >= 0.6 is 11.6 Å². The number of halogens is 1. The number of carbonyl (C=O) groups excluding carboxylic acids is 1. The third kappa shape index (κ3) is 4.59. The summed E-state index contributed by atoms with van der Waals surface area (Å²) in [7, 11) is 0. The summed E-state index contributed by atoms with van der Waals surface area (Å²) in [4.78, 5) is 16.4. The van der Waals surface area contributed by atoms with Crippen LogP contribution in [0.1, 0.15) is 18.4 Å². The number of hydrogen-bond donors (Lipinski definition) is 1. The van der Waals surface area contributed by atoms with Gasteiger partial charge in [0.2, 0.25) is 5.91 Å². The molecule has 1 amide bonds. The Morgan fingerprint density at radius 3 is 2.57 bits per heavy atom. The zero-order chi connectivity index (χ0) is 19.3. The molecule has 2 aromatic carbocycles. The van der Waals surface area contributed by atoms with Gasteiger partial charge in [0.25, 0.3) is 0 Å². The van der Waals surface area contributed by atoms with E-state index < -0.39 is 0 Å². The van der Waals surface area contributed by atoms with E-state index in [-0.39, 0.29) is 5.91 Å². The quantitative estimate of drug-likeness (QED) is 0.750. The maximum absolute atomic E-state index is 11.5. The van der Waals surface area contributed by atoms with Gasteiger partial charge in [0.15, 0.2) is 0 Å². The highest BCUT2D eigenvalue weighted by Gasteiger charge is 2.19. The third-order valence-corrected chi connectivity index (χ3v) is 5.70. The van der Waals surface area contributed by atoms with Crippen molar-refractivity contribution in [1.29, 1.82) is 0 Å². The van der Waals surface area contributed by atoms with Crippen LogP contribution in [0.3, 0.4) is 0 Å². The molecular formula is C22H26ClN3O2. The molecule has 1 saturated heterocycles. The second-order valence-corrected chi connectivity index (χ2v) is 7.77. The van der Waals surface area contributed by atoms with E-state index in [1.807, 2.05) is 30.3 Å². The van der Waals surface area contributed by atoms with Crippen LogP contribution in [0.5, 0.6) is 5.75 Å². The Kier molecular flexibility index (Phi) is 6.03. The third-order valence-electron chi connectivity index (χ3n) is 5.45. The zero-order valence-corrected chi connectivity index (χ0v) is 16.8. The molecule has 0 unspecified atom stereocenters. The lowest BCUT2D eigenvalue weighted by Crippen LogP contribution is -2.46. The summed E-state index contributed by atoms with van der Waals surface area (Å²) in [5.41, 5.74) is 3.26. The fourth-order valence-electron chi connectivity index (χ4n) is 3.88. The van der Waals surface area contributed by atoms with Gasteiger partial charge in [-0.15, -0.1) is 0 Å². The van der Waals surface area contributed by atoms with Crippen LogP contribution in [-0.4, -0.2) is 50.1 Å². The van der Waals surface area contributed by atoms with Crippen molar-refractivity contribution in [3.8, 4) is 5.75 Å². The highest BCUT2D eigenvalue weighted by atomic mass is 35.5. The van der Waals surface area contributed by atoms with Crippen molar-refractivity contribution in [3.05, 3.63) is 53.1 Å². The molecule has 0 aliphatic carbocycles. The molecule has 5 nitrogen and oxygen atoms in total. The fourth-order valence-corrected chi connectivity index (χ4v) is 4.00. The average Bonchev–Trinajstić information content (AvgIpc) is 2.72. The molecule has 2 heterocycles. The van der Waals surface area contributed by atoms with Crippen molar-refractivity contribution in [2.24, 2.45) is 0 Å². The van der Waals surface area contributed by atoms with Crippen molar-refractivity contribution in [3.63, 3.8) is 0 Å². The molecule has 2 aliphatic heterocycles. The van der Waals surface area contributed by atoms with Gasteiger partial charge in [0, 0.05) is 61.1 Å². The Morgan fingerprint density at radius 1 is 1.00 bits per heavy atom. The van der Waals surface area contributed by atoms with E-state index in [0.29, 0.717) is 13.0 Å². The van der Waals surface area contributed by atoms with Gasteiger partial charge in [-0.05, 0) is 49.2 Å². The zero-order valence-electron chi connectivity index (χ0n) is 16.0. The van der Waals surface area contributed by atoms with E-state index >= 15 is 0 Å². The Bertz CT molecular complexity index is 817. The molecule has 0 bridgehead atoms. The molecule has 0 radical (unpaired) electrons. The van der Waals surface area contributed by atoms with Crippen LogP contribution in [0.25, 0.3) is 0 Å². The molecule has 0 saturated carbocycles. The number of hydrogen-bond acceptors (Lipinski definition) is 4. The maximum Gasteiger partial charge on any atom is 0.224 e. The van der Waals surface area contributed by atoms with Gasteiger partial charge < -0.3 is 15.0 Å². The molecule has 6 heteroatoms. The number of benzene rings is 2. The summed E-state index contributed by atoms with van der Waals surface area (Å²) in [5.74, 6) is 0.993. The number of rotatable bonds is 6. The first kappa shape index (κ1) is 19.1. The van der Waals surface area contributed by atoms with E-state index in [4.69, 9.17) is 16.3 Å². The van der Waals surface area contributed by atoms with Crippen molar-refractivity contribution in [1.82, 2.24) is 4.90 Å². The molecule has 1 N–H and O–H groups in total. The molecule has 0 spiro atoms. The summed E-state index contributed by atoms with van der Waals surface area (Å²) in [6, 6.07) is 14.0. The minimum Gasteiger partial charge on any atom is -0.493 e. The number of anilines is 2. The molecule has 148 valence electrons. The molecule has 4 rings (SSSR count). The molecule has 0 atom stereocenters. The Morgan fingerprint density at radius 2 is 1.79 bits per heavy atom. The van der Waals surface area contributed by atoms with Crippen LogP contribution in [0, 0.1) is 0 Å². The number of fused-ring (bicyclic) bond motifs is 1. The highest BCUT2D eigenvalue weighted by molar-refractivity contribution is 6.30. The van der Waals surface area contributed by atoms with Gasteiger partial charge >= 0.3 is 0 Å². The fraction of sp³-hybridized carbons (Fsp3) is 0.409. The van der Waals surface area contributed by atoms with Crippen molar-refractivity contribution < 1.29 is 9.53 Å². The maximum atomic E-state index is 11.5. The van der Waals surface area contributed by atoms with Gasteiger partial charge in [0.05, 0.1) is 6.61 Å². The van der Waals surface area contributed by atoms with Crippen LogP contribution in [-0.2, 0) is 11.2 Å². The summed E-state index contributed by atoms with van der Waals surface area (Å²) >= 11 is 5.98. The van der Waals surface area contributed by atoms with Gasteiger partial charge in [-0.3, -0.25) is 9.69 Å². The predicted octanol–water partition coefficient (Wildman–Crippen LogP) is 3.82. The van der Waals surface area contributed by atoms with Crippen molar-refractivity contribution in [2.75, 3.05) is 49.5 Å². The number of carbonyl (C=O) groups is 1. The van der Waals surface area contributed by atoms with Crippen LogP contribution in [0.4, 0.5) is 11.4 Å². The van der Waals surface area contributed by atoms with E-state index in [2.05, 4.69) is 27.2 Å². The van der Waals surface area contributed by atoms with Gasteiger partial charge in [0.1, 0.15) is 5.75 Å². The molecule has 2 aliphatic rings. The standard InChI is InChI=1S/C22H26ClN3O2/c23-17-5-7-18(8-6-17)26-14-12-25(13-15-26)11-2-16-28-21-4-1-3-20-19(21)9-10-22(27)24-20/h1,3-8H,2,9-16H2,(H,24,27). The van der Waals surface area contributed by atoms with Crippen molar-refractivity contribution in [2.45, 2.75) is 19.3 Å². The Hall–Kier alpha value is -2.24. The predicted molar refractivity (Wildman–Crippen MR) is 114 cm³/mol. The first-order chi connectivity index (χ1) is 13.7. The topological polar surface area (TPSA) is 44.8 Å². The smallest absolute Gasteiger partial charge is 0.224 e. The minimum absolute atomic E-state index is 0.0855. The monoisotopic (exact) mass is 399 g/mol. The van der Waals surface area contributed by atoms with E-state index in [0.717, 1.165) is 67.6 Å². The van der Waals surface area contributed by atoms with Crippen molar-refractivity contribution >= 4 is 28.9 Å². The number of nitrogens with one attached hydrogen (secondary N) is 1. The van der Waals surface area contributed by atoms with E-state index in [1.165, 1.54) is 5.69 Å².